The van der Waals surface area contributed by atoms with Gasteiger partial charge in [0.15, 0.2) is 0 Å². The van der Waals surface area contributed by atoms with Crippen LogP contribution in [0.3, 0.4) is 0 Å². The second kappa shape index (κ2) is 7.42. The third kappa shape index (κ3) is 5.25. The highest BCUT2D eigenvalue weighted by Gasteiger charge is 2.23. The molecule has 0 aliphatic carbocycles. The highest BCUT2D eigenvalue weighted by atomic mass is 16.4. The fourth-order valence-electron chi connectivity index (χ4n) is 1.72. The molecule has 1 atom stereocenters. The molecule has 3 N–H and O–H groups in total. The minimum absolute atomic E-state index is 0.0762. The van der Waals surface area contributed by atoms with E-state index in [1.54, 1.807) is 26.0 Å². The monoisotopic (exact) mass is 292 g/mol. The Morgan fingerprint density at radius 3 is 2.14 bits per heavy atom. The first-order chi connectivity index (χ1) is 9.81. The normalized spacial score (nSPS) is 11.8. The summed E-state index contributed by atoms with van der Waals surface area (Å²) in [6.45, 7) is 5.33. The van der Waals surface area contributed by atoms with Crippen molar-refractivity contribution >= 4 is 23.5 Å². The molecule has 0 bridgehead atoms. The molecule has 0 radical (unpaired) electrons. The summed E-state index contributed by atoms with van der Waals surface area (Å²) >= 11 is 0. The van der Waals surface area contributed by atoms with Crippen LogP contribution in [0.4, 0.5) is 5.69 Å². The molecule has 1 aromatic rings. The fraction of sp³-hybridized carbons (Fsp3) is 0.400. The lowest BCUT2D eigenvalue weighted by Crippen LogP contribution is -2.41. The summed E-state index contributed by atoms with van der Waals surface area (Å²) in [6, 6.07) is 7.00. The Hall–Kier alpha value is -2.37. The smallest absolute Gasteiger partial charge is 0.313 e. The lowest BCUT2D eigenvalue weighted by Gasteiger charge is -2.16. The number of rotatable bonds is 5. The second-order valence-corrected chi connectivity index (χ2v) is 5.22. The van der Waals surface area contributed by atoms with Gasteiger partial charge in [0, 0.05) is 12.2 Å². The van der Waals surface area contributed by atoms with Gasteiger partial charge in [-0.1, -0.05) is 31.5 Å². The molecule has 6 heteroatoms. The van der Waals surface area contributed by atoms with E-state index in [1.807, 2.05) is 19.1 Å². The molecule has 0 aliphatic heterocycles. The van der Waals surface area contributed by atoms with E-state index in [-0.39, 0.29) is 12.5 Å². The Labute approximate surface area is 123 Å². The van der Waals surface area contributed by atoms with E-state index in [1.165, 1.54) is 0 Å². The Morgan fingerprint density at radius 1 is 1.10 bits per heavy atom. The predicted octanol–water partition coefficient (Wildman–Crippen LogP) is 1.41. The van der Waals surface area contributed by atoms with Crippen LogP contribution in [0.2, 0.25) is 0 Å². The molecule has 114 valence electrons. The van der Waals surface area contributed by atoms with Crippen molar-refractivity contribution in [3.05, 3.63) is 29.8 Å². The van der Waals surface area contributed by atoms with Crippen molar-refractivity contribution in [2.75, 3.05) is 11.9 Å². The van der Waals surface area contributed by atoms with Gasteiger partial charge >= 0.3 is 17.8 Å². The molecular formula is C15H20N2O4. The lowest BCUT2D eigenvalue weighted by atomic mass is 9.96. The van der Waals surface area contributed by atoms with Crippen LogP contribution in [-0.2, 0) is 14.4 Å². The molecule has 0 saturated carbocycles. The second-order valence-electron chi connectivity index (χ2n) is 5.22. The van der Waals surface area contributed by atoms with Gasteiger partial charge in [-0.3, -0.25) is 14.4 Å². The van der Waals surface area contributed by atoms with Crippen molar-refractivity contribution in [3.63, 3.8) is 0 Å². The van der Waals surface area contributed by atoms with Crippen LogP contribution < -0.4 is 10.6 Å². The highest BCUT2D eigenvalue weighted by molar-refractivity contribution is 6.39. The van der Waals surface area contributed by atoms with Crippen LogP contribution in [0.5, 0.6) is 0 Å². The predicted molar refractivity (Wildman–Crippen MR) is 78.8 cm³/mol. The average molecular weight is 292 g/mol. The molecule has 1 rings (SSSR count). The topological polar surface area (TPSA) is 95.5 Å². The Kier molecular flexibility index (Phi) is 5.90. The summed E-state index contributed by atoms with van der Waals surface area (Å²) in [6.07, 6.45) is 0. The summed E-state index contributed by atoms with van der Waals surface area (Å²) < 4.78 is 0. The van der Waals surface area contributed by atoms with E-state index in [0.29, 0.717) is 5.69 Å². The molecule has 0 aromatic heterocycles. The van der Waals surface area contributed by atoms with Crippen LogP contribution in [0.25, 0.3) is 0 Å². The molecular weight excluding hydrogens is 272 g/mol. The summed E-state index contributed by atoms with van der Waals surface area (Å²) in [5, 5.41) is 13.8. The largest absolute Gasteiger partial charge is 0.481 e. The van der Waals surface area contributed by atoms with E-state index in [9.17, 15) is 14.4 Å². The van der Waals surface area contributed by atoms with E-state index < -0.39 is 23.7 Å². The van der Waals surface area contributed by atoms with Gasteiger partial charge in [-0.25, -0.2) is 0 Å². The zero-order valence-corrected chi connectivity index (χ0v) is 12.3. The summed E-state index contributed by atoms with van der Waals surface area (Å²) in [5.41, 5.74) is 1.55. The summed E-state index contributed by atoms with van der Waals surface area (Å²) in [7, 11) is 0. The van der Waals surface area contributed by atoms with Crippen molar-refractivity contribution in [1.29, 1.82) is 0 Å². The van der Waals surface area contributed by atoms with Crippen LogP contribution in [-0.4, -0.2) is 29.4 Å². The van der Waals surface area contributed by atoms with E-state index in [4.69, 9.17) is 5.11 Å². The summed E-state index contributed by atoms with van der Waals surface area (Å²) in [4.78, 5) is 34.3. The number of nitrogens with one attached hydrogen (secondary N) is 2. The number of carbonyl (C=O) groups excluding carboxylic acids is 2. The van der Waals surface area contributed by atoms with Gasteiger partial charge < -0.3 is 15.7 Å². The van der Waals surface area contributed by atoms with Crippen molar-refractivity contribution in [1.82, 2.24) is 5.32 Å². The zero-order chi connectivity index (χ0) is 16.0. The molecule has 1 unspecified atom stereocenters. The number of hydrogen-bond donors (Lipinski definition) is 3. The first-order valence-electron chi connectivity index (χ1n) is 6.70. The maximum absolute atomic E-state index is 11.7. The van der Waals surface area contributed by atoms with Gasteiger partial charge in [0.25, 0.3) is 0 Å². The van der Waals surface area contributed by atoms with Gasteiger partial charge in [0.2, 0.25) is 0 Å². The Bertz CT molecular complexity index is 523. The highest BCUT2D eigenvalue weighted by Crippen LogP contribution is 2.10. The Morgan fingerprint density at radius 2 is 1.67 bits per heavy atom. The van der Waals surface area contributed by atoms with E-state index in [2.05, 4.69) is 10.6 Å². The number of carboxylic acids is 1. The minimum atomic E-state index is -0.996. The van der Waals surface area contributed by atoms with Gasteiger partial charge in [-0.05, 0) is 25.0 Å². The molecule has 6 nitrogen and oxygen atoms in total. The molecule has 0 spiro atoms. The van der Waals surface area contributed by atoms with Crippen LogP contribution in [0, 0.1) is 18.8 Å². The van der Waals surface area contributed by atoms with Gasteiger partial charge in [0.05, 0.1) is 5.92 Å². The van der Waals surface area contributed by atoms with Gasteiger partial charge in [-0.15, -0.1) is 0 Å². The van der Waals surface area contributed by atoms with E-state index in [0.717, 1.165) is 5.56 Å². The van der Waals surface area contributed by atoms with Crippen LogP contribution >= 0.6 is 0 Å². The standard InChI is InChI=1S/C15H20N2O4/c1-9(2)12(15(20)21)8-16-13(18)14(19)17-11-6-4-10(3)5-7-11/h4-7,9,12H,8H2,1-3H3,(H,16,18)(H,17,19)(H,20,21). The third-order valence-electron chi connectivity index (χ3n) is 3.12. The molecule has 0 fully saturated rings. The van der Waals surface area contributed by atoms with Crippen LogP contribution in [0.1, 0.15) is 19.4 Å². The Balaban J connectivity index is 2.53. The van der Waals surface area contributed by atoms with Crippen molar-refractivity contribution in [2.45, 2.75) is 20.8 Å². The first-order valence-corrected chi connectivity index (χ1v) is 6.70. The third-order valence-corrected chi connectivity index (χ3v) is 3.12. The number of amides is 2. The quantitative estimate of drug-likeness (QED) is 0.715. The SMILES string of the molecule is Cc1ccc(NC(=O)C(=O)NCC(C(=O)O)C(C)C)cc1. The molecule has 0 aliphatic rings. The van der Waals surface area contributed by atoms with Gasteiger partial charge in [0.1, 0.15) is 0 Å². The molecule has 1 aromatic carbocycles. The molecule has 2 amide bonds. The zero-order valence-electron chi connectivity index (χ0n) is 12.3. The van der Waals surface area contributed by atoms with Crippen LogP contribution in [0.15, 0.2) is 24.3 Å². The average Bonchev–Trinajstić information content (AvgIpc) is 2.40. The molecule has 0 saturated heterocycles. The minimum Gasteiger partial charge on any atom is -0.481 e. The number of benzene rings is 1. The number of hydrogen-bond acceptors (Lipinski definition) is 3. The van der Waals surface area contributed by atoms with Gasteiger partial charge in [-0.2, -0.15) is 0 Å². The van der Waals surface area contributed by atoms with Crippen molar-refractivity contribution < 1.29 is 19.5 Å². The number of carbonyl (C=O) groups is 3. The molecule has 0 heterocycles. The van der Waals surface area contributed by atoms with Crippen molar-refractivity contribution in [2.24, 2.45) is 11.8 Å². The van der Waals surface area contributed by atoms with E-state index >= 15 is 0 Å². The maximum atomic E-state index is 11.7. The number of aryl methyl sites for hydroxylation is 1. The van der Waals surface area contributed by atoms with Crippen molar-refractivity contribution in [3.8, 4) is 0 Å². The molecule has 21 heavy (non-hydrogen) atoms. The maximum Gasteiger partial charge on any atom is 0.313 e. The first kappa shape index (κ1) is 16.7. The lowest BCUT2D eigenvalue weighted by molar-refractivity contribution is -0.143. The number of aliphatic carboxylic acids is 1. The number of carboxylic acid groups (broad SMARTS) is 1. The fourth-order valence-corrected chi connectivity index (χ4v) is 1.72. The number of anilines is 1. The summed E-state index contributed by atoms with van der Waals surface area (Å²) in [5.74, 6) is -3.51.